The predicted octanol–water partition coefficient (Wildman–Crippen LogP) is 2.95. The summed E-state index contributed by atoms with van der Waals surface area (Å²) in [5, 5.41) is 0. The average Bonchev–Trinajstić information content (AvgIpc) is 2.61. The van der Waals surface area contributed by atoms with Crippen LogP contribution in [0.5, 0.6) is 0 Å². The molecule has 1 aromatic heterocycles. The standard InChI is InChI=1S/C14H9BrN2O2/c1-8-3-2-4-12(16-8)17-13(18)10-6-5-9(15)7-11(10)14(17)19/h2-7H,1H3. The van der Waals surface area contributed by atoms with Crippen molar-refractivity contribution in [2.75, 3.05) is 4.90 Å². The summed E-state index contributed by atoms with van der Waals surface area (Å²) in [6.45, 7) is 1.82. The highest BCUT2D eigenvalue weighted by Gasteiger charge is 2.37. The molecule has 0 saturated carbocycles. The highest BCUT2D eigenvalue weighted by molar-refractivity contribution is 9.10. The molecular formula is C14H9BrN2O2. The lowest BCUT2D eigenvalue weighted by Crippen LogP contribution is -2.30. The minimum atomic E-state index is -0.334. The van der Waals surface area contributed by atoms with E-state index in [1.165, 1.54) is 0 Å². The number of hydrogen-bond donors (Lipinski definition) is 0. The molecule has 0 aliphatic carbocycles. The zero-order valence-electron chi connectivity index (χ0n) is 10.1. The molecule has 2 aromatic rings. The first-order valence-corrected chi connectivity index (χ1v) is 6.49. The van der Waals surface area contributed by atoms with Crippen LogP contribution in [-0.4, -0.2) is 16.8 Å². The van der Waals surface area contributed by atoms with Crippen LogP contribution < -0.4 is 4.90 Å². The predicted molar refractivity (Wildman–Crippen MR) is 74.3 cm³/mol. The Morgan fingerprint density at radius 1 is 1.05 bits per heavy atom. The maximum atomic E-state index is 12.3. The number of amides is 2. The number of carbonyl (C=O) groups is 2. The molecule has 3 rings (SSSR count). The smallest absolute Gasteiger partial charge is 0.267 e. The van der Waals surface area contributed by atoms with Crippen LogP contribution in [-0.2, 0) is 0 Å². The molecule has 1 aliphatic rings. The molecule has 1 aliphatic heterocycles. The Morgan fingerprint density at radius 3 is 2.53 bits per heavy atom. The Bertz CT molecular complexity index is 712. The minimum absolute atomic E-state index is 0.328. The van der Waals surface area contributed by atoms with Gasteiger partial charge >= 0.3 is 0 Å². The third kappa shape index (κ3) is 1.86. The summed E-state index contributed by atoms with van der Waals surface area (Å²) >= 11 is 3.30. The van der Waals surface area contributed by atoms with E-state index >= 15 is 0 Å². The van der Waals surface area contributed by atoms with Gasteiger partial charge in [0.1, 0.15) is 5.82 Å². The van der Waals surface area contributed by atoms with Crippen LogP contribution >= 0.6 is 15.9 Å². The Labute approximate surface area is 118 Å². The summed E-state index contributed by atoms with van der Waals surface area (Å²) in [6, 6.07) is 10.3. The summed E-state index contributed by atoms with van der Waals surface area (Å²) in [6.07, 6.45) is 0. The van der Waals surface area contributed by atoms with Gasteiger partial charge in [0.05, 0.1) is 11.1 Å². The van der Waals surface area contributed by atoms with E-state index in [1.54, 1.807) is 30.3 Å². The van der Waals surface area contributed by atoms with Crippen LogP contribution in [0, 0.1) is 6.92 Å². The van der Waals surface area contributed by atoms with Crippen molar-refractivity contribution in [3.8, 4) is 0 Å². The molecule has 94 valence electrons. The first-order chi connectivity index (χ1) is 9.08. The van der Waals surface area contributed by atoms with E-state index < -0.39 is 0 Å². The largest absolute Gasteiger partial charge is 0.268 e. The SMILES string of the molecule is Cc1cccc(N2C(=O)c3ccc(Br)cc3C2=O)n1. The molecule has 1 aromatic carbocycles. The second kappa shape index (κ2) is 4.28. The molecule has 0 atom stereocenters. The van der Waals surface area contributed by atoms with Gasteiger partial charge < -0.3 is 0 Å². The first kappa shape index (κ1) is 12.0. The van der Waals surface area contributed by atoms with Gasteiger partial charge in [0.15, 0.2) is 0 Å². The van der Waals surface area contributed by atoms with Crippen molar-refractivity contribution in [2.24, 2.45) is 0 Å². The van der Waals surface area contributed by atoms with Gasteiger partial charge in [-0.15, -0.1) is 0 Å². The van der Waals surface area contributed by atoms with Crippen LogP contribution in [0.1, 0.15) is 26.4 Å². The quantitative estimate of drug-likeness (QED) is 0.760. The van der Waals surface area contributed by atoms with E-state index in [2.05, 4.69) is 20.9 Å². The number of hydrogen-bond acceptors (Lipinski definition) is 3. The topological polar surface area (TPSA) is 50.3 Å². The second-order valence-electron chi connectivity index (χ2n) is 4.27. The van der Waals surface area contributed by atoms with E-state index in [-0.39, 0.29) is 11.8 Å². The van der Waals surface area contributed by atoms with E-state index in [0.717, 1.165) is 15.1 Å². The molecule has 5 heteroatoms. The molecule has 2 heterocycles. The number of nitrogens with zero attached hydrogens (tertiary/aromatic N) is 2. The lowest BCUT2D eigenvalue weighted by molar-refractivity contribution is 0.0925. The average molecular weight is 317 g/mol. The third-order valence-corrected chi connectivity index (χ3v) is 3.44. The van der Waals surface area contributed by atoms with E-state index in [9.17, 15) is 9.59 Å². The molecule has 0 fully saturated rings. The number of aryl methyl sites for hydroxylation is 1. The number of pyridine rings is 1. The summed E-state index contributed by atoms with van der Waals surface area (Å²) in [4.78, 5) is 29.9. The molecular weight excluding hydrogens is 308 g/mol. The number of halogens is 1. The normalized spacial score (nSPS) is 13.9. The van der Waals surface area contributed by atoms with Crippen molar-refractivity contribution < 1.29 is 9.59 Å². The Morgan fingerprint density at radius 2 is 1.79 bits per heavy atom. The number of aromatic nitrogens is 1. The molecule has 0 spiro atoms. The van der Waals surface area contributed by atoms with Crippen LogP contribution in [0.15, 0.2) is 40.9 Å². The third-order valence-electron chi connectivity index (χ3n) is 2.95. The summed E-state index contributed by atoms with van der Waals surface area (Å²) in [7, 11) is 0. The van der Waals surface area contributed by atoms with Gasteiger partial charge in [0.25, 0.3) is 11.8 Å². The summed E-state index contributed by atoms with van der Waals surface area (Å²) in [5.41, 5.74) is 1.58. The number of carbonyl (C=O) groups excluding carboxylic acids is 2. The van der Waals surface area contributed by atoms with Gasteiger partial charge in [-0.3, -0.25) is 9.59 Å². The highest BCUT2D eigenvalue weighted by Crippen LogP contribution is 2.29. The second-order valence-corrected chi connectivity index (χ2v) is 5.19. The fourth-order valence-electron chi connectivity index (χ4n) is 2.07. The maximum absolute atomic E-state index is 12.3. The Kier molecular flexibility index (Phi) is 2.71. The van der Waals surface area contributed by atoms with Gasteiger partial charge in [0.2, 0.25) is 0 Å². The van der Waals surface area contributed by atoms with E-state index in [0.29, 0.717) is 16.9 Å². The van der Waals surface area contributed by atoms with E-state index in [1.807, 2.05) is 13.0 Å². The first-order valence-electron chi connectivity index (χ1n) is 5.70. The number of anilines is 1. The van der Waals surface area contributed by atoms with Crippen LogP contribution in [0.2, 0.25) is 0 Å². The number of benzene rings is 1. The van der Waals surface area contributed by atoms with Crippen LogP contribution in [0.4, 0.5) is 5.82 Å². The van der Waals surface area contributed by atoms with Crippen molar-refractivity contribution in [2.45, 2.75) is 6.92 Å². The molecule has 0 N–H and O–H groups in total. The number of imide groups is 1. The monoisotopic (exact) mass is 316 g/mol. The molecule has 19 heavy (non-hydrogen) atoms. The molecule has 0 unspecified atom stereocenters. The van der Waals surface area contributed by atoms with Gasteiger partial charge in [-0.25, -0.2) is 9.88 Å². The Hall–Kier alpha value is -2.01. The minimum Gasteiger partial charge on any atom is -0.268 e. The summed E-state index contributed by atoms with van der Waals surface area (Å²) in [5.74, 6) is -0.299. The Balaban J connectivity index is 2.13. The van der Waals surface area contributed by atoms with Crippen molar-refractivity contribution in [1.29, 1.82) is 0 Å². The highest BCUT2D eigenvalue weighted by atomic mass is 79.9. The van der Waals surface area contributed by atoms with Crippen molar-refractivity contribution in [3.63, 3.8) is 0 Å². The van der Waals surface area contributed by atoms with Gasteiger partial charge in [0, 0.05) is 10.2 Å². The molecule has 0 radical (unpaired) electrons. The van der Waals surface area contributed by atoms with Crippen molar-refractivity contribution >= 4 is 33.6 Å². The summed E-state index contributed by atoms with van der Waals surface area (Å²) < 4.78 is 0.770. The molecule has 4 nitrogen and oxygen atoms in total. The molecule has 2 amide bonds. The molecule has 0 saturated heterocycles. The van der Waals surface area contributed by atoms with Crippen LogP contribution in [0.25, 0.3) is 0 Å². The zero-order chi connectivity index (χ0) is 13.6. The fourth-order valence-corrected chi connectivity index (χ4v) is 2.44. The lowest BCUT2D eigenvalue weighted by atomic mass is 10.1. The lowest BCUT2D eigenvalue weighted by Gasteiger charge is -2.12. The van der Waals surface area contributed by atoms with Gasteiger partial charge in [-0.1, -0.05) is 22.0 Å². The molecule has 0 bridgehead atoms. The fraction of sp³-hybridized carbons (Fsp3) is 0.0714. The van der Waals surface area contributed by atoms with Crippen molar-refractivity contribution in [1.82, 2.24) is 4.98 Å². The van der Waals surface area contributed by atoms with Gasteiger partial charge in [-0.2, -0.15) is 0 Å². The van der Waals surface area contributed by atoms with Crippen LogP contribution in [0.3, 0.4) is 0 Å². The van der Waals surface area contributed by atoms with E-state index in [4.69, 9.17) is 0 Å². The number of fused-ring (bicyclic) bond motifs is 1. The number of rotatable bonds is 1. The van der Waals surface area contributed by atoms with Gasteiger partial charge in [-0.05, 0) is 37.3 Å². The maximum Gasteiger partial charge on any atom is 0.267 e. The van der Waals surface area contributed by atoms with Crippen molar-refractivity contribution in [3.05, 3.63) is 57.7 Å². The zero-order valence-corrected chi connectivity index (χ0v) is 11.6.